The van der Waals surface area contributed by atoms with Gasteiger partial charge >= 0.3 is 0 Å². The van der Waals surface area contributed by atoms with Crippen LogP contribution in [0.3, 0.4) is 0 Å². The molecule has 0 bridgehead atoms. The van der Waals surface area contributed by atoms with Crippen LogP contribution in [-0.4, -0.2) is 29.8 Å². The van der Waals surface area contributed by atoms with Crippen LogP contribution in [-0.2, 0) is 6.42 Å². The van der Waals surface area contributed by atoms with Crippen LogP contribution in [0.2, 0.25) is 0 Å². The van der Waals surface area contributed by atoms with Crippen molar-refractivity contribution < 1.29 is 14.3 Å². The highest BCUT2D eigenvalue weighted by Gasteiger charge is 2.14. The van der Waals surface area contributed by atoms with Crippen molar-refractivity contribution in [3.63, 3.8) is 0 Å². The fraction of sp³-hybridized carbons (Fsp3) is 0.235. The van der Waals surface area contributed by atoms with Gasteiger partial charge in [-0.25, -0.2) is 0 Å². The van der Waals surface area contributed by atoms with Crippen LogP contribution in [0.25, 0.3) is 0 Å². The van der Waals surface area contributed by atoms with Gasteiger partial charge in [0, 0.05) is 23.5 Å². The average Bonchev–Trinajstić information content (AvgIpc) is 2.59. The third-order valence-electron chi connectivity index (χ3n) is 3.58. The minimum Gasteiger partial charge on any atom is -0.493 e. The number of aryl methyl sites for hydroxylation is 1. The van der Waals surface area contributed by atoms with Gasteiger partial charge in [0.2, 0.25) is 0 Å². The van der Waals surface area contributed by atoms with E-state index < -0.39 is 0 Å². The van der Waals surface area contributed by atoms with Crippen LogP contribution in [0, 0.1) is 0 Å². The van der Waals surface area contributed by atoms with Crippen LogP contribution in [0.15, 0.2) is 42.7 Å². The Labute approximate surface area is 128 Å². The molecule has 1 N–H and O–H groups in total. The molecule has 0 unspecified atom stereocenters. The Morgan fingerprint density at radius 3 is 2.77 bits per heavy atom. The standard InChI is InChI=1S/C17H16N2O3/c20-15(11-19-17(21)12-5-7-18-8-6-12)13-3-4-16-14(10-13)2-1-9-22-16/h3-8,10H,1-2,9,11H2,(H,19,21). The Hall–Kier alpha value is -2.69. The van der Waals surface area contributed by atoms with Crippen LogP contribution in [0.5, 0.6) is 5.75 Å². The first-order valence-corrected chi connectivity index (χ1v) is 7.21. The molecule has 0 atom stereocenters. The summed E-state index contributed by atoms with van der Waals surface area (Å²) < 4.78 is 5.53. The molecule has 0 spiro atoms. The third kappa shape index (κ3) is 3.14. The summed E-state index contributed by atoms with van der Waals surface area (Å²) in [6.45, 7) is 0.698. The summed E-state index contributed by atoms with van der Waals surface area (Å²) in [7, 11) is 0. The molecule has 0 saturated heterocycles. The predicted octanol–water partition coefficient (Wildman–Crippen LogP) is 2.02. The molecule has 2 aromatic rings. The topological polar surface area (TPSA) is 68.3 Å². The van der Waals surface area contributed by atoms with Gasteiger partial charge in [-0.15, -0.1) is 0 Å². The smallest absolute Gasteiger partial charge is 0.251 e. The number of ketones is 1. The lowest BCUT2D eigenvalue weighted by molar-refractivity contribution is 0.0904. The highest BCUT2D eigenvalue weighted by molar-refractivity contribution is 6.02. The zero-order valence-corrected chi connectivity index (χ0v) is 12.0. The number of pyridine rings is 1. The molecule has 0 fully saturated rings. The predicted molar refractivity (Wildman–Crippen MR) is 81.2 cm³/mol. The van der Waals surface area contributed by atoms with Gasteiger partial charge in [0.15, 0.2) is 5.78 Å². The largest absolute Gasteiger partial charge is 0.493 e. The van der Waals surface area contributed by atoms with E-state index in [1.54, 1.807) is 30.6 Å². The molecular weight excluding hydrogens is 280 g/mol. The van der Waals surface area contributed by atoms with Gasteiger partial charge in [0.1, 0.15) is 5.75 Å². The van der Waals surface area contributed by atoms with E-state index in [2.05, 4.69) is 10.3 Å². The van der Waals surface area contributed by atoms with Gasteiger partial charge in [-0.2, -0.15) is 0 Å². The zero-order chi connectivity index (χ0) is 15.4. The number of fused-ring (bicyclic) bond motifs is 1. The van der Waals surface area contributed by atoms with Crippen LogP contribution < -0.4 is 10.1 Å². The lowest BCUT2D eigenvalue weighted by atomic mass is 10.0. The molecule has 22 heavy (non-hydrogen) atoms. The Bertz CT molecular complexity index is 698. The summed E-state index contributed by atoms with van der Waals surface area (Å²) in [6.07, 6.45) is 4.96. The summed E-state index contributed by atoms with van der Waals surface area (Å²) in [5.41, 5.74) is 2.14. The minimum atomic E-state index is -0.281. The maximum absolute atomic E-state index is 12.2. The van der Waals surface area contributed by atoms with Gasteiger partial charge in [-0.1, -0.05) is 0 Å². The Balaban J connectivity index is 1.64. The molecule has 112 valence electrons. The number of benzene rings is 1. The number of carbonyl (C=O) groups is 2. The normalized spacial score (nSPS) is 12.9. The van der Waals surface area contributed by atoms with Gasteiger partial charge in [0.25, 0.3) is 5.91 Å². The molecule has 1 aromatic carbocycles. The van der Waals surface area contributed by atoms with Crippen molar-refractivity contribution in [2.45, 2.75) is 12.8 Å². The van der Waals surface area contributed by atoms with Crippen molar-refractivity contribution in [3.05, 3.63) is 59.4 Å². The number of carbonyl (C=O) groups excluding carboxylic acids is 2. The molecule has 1 aromatic heterocycles. The molecule has 0 radical (unpaired) electrons. The lowest BCUT2D eigenvalue weighted by Gasteiger charge is -2.17. The Morgan fingerprint density at radius 2 is 1.95 bits per heavy atom. The number of aromatic nitrogens is 1. The van der Waals surface area contributed by atoms with E-state index in [0.29, 0.717) is 11.1 Å². The maximum atomic E-state index is 12.2. The van der Waals surface area contributed by atoms with Crippen molar-refractivity contribution in [1.82, 2.24) is 10.3 Å². The molecule has 5 nitrogen and oxygen atoms in total. The van der Waals surface area contributed by atoms with Gasteiger partial charge in [0.05, 0.1) is 13.2 Å². The highest BCUT2D eigenvalue weighted by atomic mass is 16.5. The number of nitrogens with one attached hydrogen (secondary N) is 1. The van der Waals surface area contributed by atoms with Crippen molar-refractivity contribution in [3.8, 4) is 5.75 Å². The molecule has 3 rings (SSSR count). The highest BCUT2D eigenvalue weighted by Crippen LogP contribution is 2.25. The molecule has 1 aliphatic rings. The monoisotopic (exact) mass is 296 g/mol. The molecule has 5 heteroatoms. The van der Waals surface area contributed by atoms with E-state index in [1.807, 2.05) is 12.1 Å². The first kappa shape index (κ1) is 14.3. The van der Waals surface area contributed by atoms with Gasteiger partial charge < -0.3 is 10.1 Å². The van der Waals surface area contributed by atoms with Crippen molar-refractivity contribution in [2.75, 3.05) is 13.2 Å². The first-order chi connectivity index (χ1) is 10.7. The molecule has 2 heterocycles. The molecule has 1 aliphatic heterocycles. The zero-order valence-electron chi connectivity index (χ0n) is 12.0. The van der Waals surface area contributed by atoms with E-state index in [-0.39, 0.29) is 18.2 Å². The van der Waals surface area contributed by atoms with Gasteiger partial charge in [-0.3, -0.25) is 14.6 Å². The number of nitrogens with zero attached hydrogens (tertiary/aromatic N) is 1. The third-order valence-corrected chi connectivity index (χ3v) is 3.58. The second-order valence-electron chi connectivity index (χ2n) is 5.12. The Morgan fingerprint density at radius 1 is 1.14 bits per heavy atom. The number of ether oxygens (including phenoxy) is 1. The van der Waals surface area contributed by atoms with Crippen LogP contribution in [0.1, 0.15) is 32.7 Å². The van der Waals surface area contributed by atoms with E-state index in [9.17, 15) is 9.59 Å². The van der Waals surface area contributed by atoms with E-state index in [4.69, 9.17) is 4.74 Å². The number of Topliss-reactive ketones (excluding diaryl/α,β-unsaturated/α-hetero) is 1. The van der Waals surface area contributed by atoms with Crippen LogP contribution >= 0.6 is 0 Å². The summed E-state index contributed by atoms with van der Waals surface area (Å²) in [4.78, 5) is 28.0. The van der Waals surface area contributed by atoms with Gasteiger partial charge in [-0.05, 0) is 48.7 Å². The molecule has 0 saturated carbocycles. The first-order valence-electron chi connectivity index (χ1n) is 7.21. The summed E-state index contributed by atoms with van der Waals surface area (Å²) in [5, 5.41) is 2.63. The Kier molecular flexibility index (Phi) is 4.14. The number of hydrogen-bond acceptors (Lipinski definition) is 4. The van der Waals surface area contributed by atoms with Crippen molar-refractivity contribution in [1.29, 1.82) is 0 Å². The van der Waals surface area contributed by atoms with E-state index >= 15 is 0 Å². The molecular formula is C17H16N2O3. The quantitative estimate of drug-likeness (QED) is 0.876. The molecule has 0 aliphatic carbocycles. The van der Waals surface area contributed by atoms with Crippen molar-refractivity contribution >= 4 is 11.7 Å². The maximum Gasteiger partial charge on any atom is 0.251 e. The SMILES string of the molecule is O=C(CNC(=O)c1ccncc1)c1ccc2c(c1)CCCO2. The number of hydrogen-bond donors (Lipinski definition) is 1. The lowest BCUT2D eigenvalue weighted by Crippen LogP contribution is -2.29. The minimum absolute atomic E-state index is 0.0270. The number of rotatable bonds is 4. The molecule has 1 amide bonds. The fourth-order valence-electron chi connectivity index (χ4n) is 2.40. The van der Waals surface area contributed by atoms with E-state index in [0.717, 1.165) is 30.8 Å². The summed E-state index contributed by atoms with van der Waals surface area (Å²) in [5.74, 6) is 0.455. The summed E-state index contributed by atoms with van der Waals surface area (Å²) in [6, 6.07) is 8.64. The van der Waals surface area contributed by atoms with Crippen LogP contribution in [0.4, 0.5) is 0 Å². The number of amides is 1. The van der Waals surface area contributed by atoms with Crippen molar-refractivity contribution in [2.24, 2.45) is 0 Å². The van der Waals surface area contributed by atoms with E-state index in [1.165, 1.54) is 0 Å². The average molecular weight is 296 g/mol. The second kappa shape index (κ2) is 6.39. The second-order valence-corrected chi connectivity index (χ2v) is 5.12. The fourth-order valence-corrected chi connectivity index (χ4v) is 2.40. The summed E-state index contributed by atoms with van der Waals surface area (Å²) >= 11 is 0.